The number of fused-ring (bicyclic) bond motifs is 2. The van der Waals surface area contributed by atoms with Crippen molar-refractivity contribution >= 4 is 62.8 Å². The number of pyridine rings is 2. The van der Waals surface area contributed by atoms with E-state index >= 15 is 0 Å². The summed E-state index contributed by atoms with van der Waals surface area (Å²) in [6.07, 6.45) is 3.35. The molecule has 0 aliphatic rings. The van der Waals surface area contributed by atoms with Gasteiger partial charge >= 0.3 is 35.0 Å². The van der Waals surface area contributed by atoms with E-state index in [4.69, 9.17) is 9.47 Å². The van der Waals surface area contributed by atoms with Gasteiger partial charge in [-0.1, -0.05) is 0 Å². The third kappa shape index (κ3) is 10.1. The summed E-state index contributed by atoms with van der Waals surface area (Å²) in [6, 6.07) is 6.65. The van der Waals surface area contributed by atoms with E-state index in [1.165, 1.54) is 6.92 Å². The molecular weight excluding hydrogens is 689 g/mol. The first-order chi connectivity index (χ1) is 20.6. The fourth-order valence-corrected chi connectivity index (χ4v) is 5.14. The third-order valence-electron chi connectivity index (χ3n) is 7.61. The molecule has 0 aliphatic carbocycles. The van der Waals surface area contributed by atoms with Crippen molar-refractivity contribution < 1.29 is 45.9 Å². The fourth-order valence-electron chi connectivity index (χ4n) is 5.14. The first-order valence-electron chi connectivity index (χ1n) is 15.2. The van der Waals surface area contributed by atoms with Crippen LogP contribution in [0.15, 0.2) is 36.7 Å². The maximum absolute atomic E-state index is 12.7. The van der Waals surface area contributed by atoms with Crippen LogP contribution in [-0.4, -0.2) is 81.8 Å². The summed E-state index contributed by atoms with van der Waals surface area (Å²) >= 11 is 0. The smallest absolute Gasteiger partial charge is 1.00 e. The standard InChI is InChI=1S/C18H26N2O3.C17H22N2O3.CH3.BrH.Mg/c1-11-14(16(21)23-17(3,4)5)13-9-8-10-19-15(13)20(11)12(2)18(6,7)22;1-10(12(3)20)19-11(2)14(16(21)22-17(4,5)6)13-8-7-9-18-15(13)19;;;/h8-10,12,22H,1-7H3;7-10H,1-6H3;1H3;1H;/q;;-1;;+2/p-1. The second-order valence-electron chi connectivity index (χ2n) is 14.0. The monoisotopic (exact) mass is 738 g/mol. The molecule has 48 heavy (non-hydrogen) atoms. The van der Waals surface area contributed by atoms with Crippen LogP contribution >= 0.6 is 0 Å². The largest absolute Gasteiger partial charge is 2.00 e. The van der Waals surface area contributed by atoms with Crippen molar-refractivity contribution in [3.05, 3.63) is 66.6 Å². The van der Waals surface area contributed by atoms with Crippen molar-refractivity contribution in [3.8, 4) is 0 Å². The number of aliphatic hydroxyl groups is 1. The normalized spacial score (nSPS) is 12.8. The van der Waals surface area contributed by atoms with Crippen LogP contribution in [0.5, 0.6) is 0 Å². The van der Waals surface area contributed by atoms with Gasteiger partial charge in [-0.3, -0.25) is 4.79 Å². The molecule has 1 N–H and O–H groups in total. The number of nitrogens with zero attached hydrogens (tertiary/aromatic N) is 4. The number of aromatic nitrogens is 4. The van der Waals surface area contributed by atoms with Gasteiger partial charge in [0.15, 0.2) is 5.78 Å². The van der Waals surface area contributed by atoms with E-state index in [0.29, 0.717) is 33.5 Å². The fraction of sp³-hybridized carbons (Fsp3) is 0.500. The average Bonchev–Trinajstić information content (AvgIpc) is 3.35. The number of hydrogen-bond donors (Lipinski definition) is 1. The number of halogens is 1. The summed E-state index contributed by atoms with van der Waals surface area (Å²) < 4.78 is 14.8. The molecule has 2 unspecified atom stereocenters. The van der Waals surface area contributed by atoms with Gasteiger partial charge in [-0.25, -0.2) is 19.6 Å². The molecule has 4 heterocycles. The van der Waals surface area contributed by atoms with Crippen LogP contribution in [0.4, 0.5) is 0 Å². The Labute approximate surface area is 311 Å². The van der Waals surface area contributed by atoms with E-state index in [1.54, 1.807) is 42.9 Å². The number of ketones is 1. The number of ether oxygens (including phenoxy) is 2. The Morgan fingerprint density at radius 2 is 1.10 bits per heavy atom. The molecule has 0 saturated carbocycles. The predicted octanol–water partition coefficient (Wildman–Crippen LogP) is 4.16. The maximum Gasteiger partial charge on any atom is 2.00 e. The maximum atomic E-state index is 12.7. The summed E-state index contributed by atoms with van der Waals surface area (Å²) in [5.41, 5.74) is 1.66. The van der Waals surface area contributed by atoms with Crippen molar-refractivity contribution in [1.29, 1.82) is 0 Å². The molecule has 0 bridgehead atoms. The van der Waals surface area contributed by atoms with E-state index in [-0.39, 0.29) is 71.3 Å². The summed E-state index contributed by atoms with van der Waals surface area (Å²) in [5, 5.41) is 11.8. The van der Waals surface area contributed by atoms with Crippen LogP contribution in [0, 0.1) is 21.3 Å². The van der Waals surface area contributed by atoms with Crippen molar-refractivity contribution in [1.82, 2.24) is 19.1 Å². The number of Topliss-reactive ketones (excluding diaryl/α,β-unsaturated/α-hetero) is 1. The van der Waals surface area contributed by atoms with E-state index in [0.717, 1.165) is 11.1 Å². The number of carbonyl (C=O) groups excluding carboxylic acids is 3. The topological polar surface area (TPSA) is 126 Å². The van der Waals surface area contributed by atoms with Gasteiger partial charge in [0.05, 0.1) is 28.8 Å². The second-order valence-corrected chi connectivity index (χ2v) is 14.0. The number of esters is 2. The Morgan fingerprint density at radius 1 is 0.750 bits per heavy atom. The minimum Gasteiger partial charge on any atom is -1.00 e. The molecule has 0 aliphatic heterocycles. The second kappa shape index (κ2) is 16.7. The van der Waals surface area contributed by atoms with Gasteiger partial charge in [0.25, 0.3) is 0 Å². The summed E-state index contributed by atoms with van der Waals surface area (Å²) in [4.78, 5) is 45.8. The molecule has 0 aromatic carbocycles. The molecule has 0 amide bonds. The van der Waals surface area contributed by atoms with Gasteiger partial charge in [0, 0.05) is 34.6 Å². The van der Waals surface area contributed by atoms with Crippen LogP contribution in [-0.2, 0) is 14.3 Å². The molecule has 4 aromatic heterocycles. The molecule has 0 saturated heterocycles. The van der Waals surface area contributed by atoms with Gasteiger partial charge in [-0.15, -0.1) is 0 Å². The van der Waals surface area contributed by atoms with Gasteiger partial charge in [0.1, 0.15) is 22.5 Å². The van der Waals surface area contributed by atoms with E-state index in [1.807, 2.05) is 85.9 Å². The Hall–Kier alpha value is -2.80. The molecule has 0 radical (unpaired) electrons. The molecule has 2 atom stereocenters. The van der Waals surface area contributed by atoms with Gasteiger partial charge in [-0.05, 0) is 114 Å². The first-order valence-corrected chi connectivity index (χ1v) is 15.2. The SMILES string of the molecule is CC(=O)C(C)n1c(C)c(C(=O)OC(C)(C)C)c2cccnc21.Cc1c(C(=O)OC(C)(C)C)c2cccnc2n1C(C)C(C)(C)O.[Br-].[CH3-].[Mg+2]. The van der Waals surface area contributed by atoms with Crippen molar-refractivity contribution in [3.63, 3.8) is 0 Å². The third-order valence-corrected chi connectivity index (χ3v) is 7.61. The van der Waals surface area contributed by atoms with Crippen molar-refractivity contribution in [2.45, 2.75) is 119 Å². The molecule has 0 spiro atoms. The Balaban J connectivity index is 0.000000867. The van der Waals surface area contributed by atoms with Gasteiger partial charge < -0.3 is 48.1 Å². The Kier molecular flexibility index (Phi) is 15.8. The average molecular weight is 740 g/mol. The van der Waals surface area contributed by atoms with E-state index in [2.05, 4.69) is 9.97 Å². The van der Waals surface area contributed by atoms with Crippen molar-refractivity contribution in [2.24, 2.45) is 0 Å². The zero-order valence-corrected chi connectivity index (χ0v) is 34.0. The van der Waals surface area contributed by atoms with Crippen LogP contribution in [0.1, 0.15) is 120 Å². The molecule has 4 aromatic rings. The molecule has 0 fully saturated rings. The summed E-state index contributed by atoms with van der Waals surface area (Å²) in [5.74, 6) is -0.742. The first kappa shape index (κ1) is 45.2. The molecule has 10 nitrogen and oxygen atoms in total. The van der Waals surface area contributed by atoms with Crippen molar-refractivity contribution in [2.75, 3.05) is 0 Å². The van der Waals surface area contributed by atoms with Crippen LogP contribution < -0.4 is 17.0 Å². The van der Waals surface area contributed by atoms with E-state index < -0.39 is 22.8 Å². The van der Waals surface area contributed by atoms with Crippen LogP contribution in [0.2, 0.25) is 0 Å². The van der Waals surface area contributed by atoms with Gasteiger partial charge in [-0.2, -0.15) is 0 Å². The number of hydrogen-bond acceptors (Lipinski definition) is 8. The van der Waals surface area contributed by atoms with Crippen LogP contribution in [0.25, 0.3) is 22.1 Å². The zero-order chi connectivity index (χ0) is 34.2. The predicted molar refractivity (Wildman–Crippen MR) is 188 cm³/mol. The number of carbonyl (C=O) groups is 3. The molecule has 12 heteroatoms. The molecule has 260 valence electrons. The molecular formula is C36H51BrMgN4O6. The minimum absolute atomic E-state index is 0. The van der Waals surface area contributed by atoms with Gasteiger partial charge in [0.2, 0.25) is 0 Å². The summed E-state index contributed by atoms with van der Waals surface area (Å²) in [6.45, 7) is 23.5. The van der Waals surface area contributed by atoms with E-state index in [9.17, 15) is 19.5 Å². The Bertz CT molecular complexity index is 1740. The Morgan fingerprint density at radius 3 is 1.44 bits per heavy atom. The van der Waals surface area contributed by atoms with Crippen LogP contribution in [0.3, 0.4) is 0 Å². The molecule has 4 rings (SSSR count). The quantitative estimate of drug-likeness (QED) is 0.178. The number of rotatable bonds is 6. The zero-order valence-electron chi connectivity index (χ0n) is 31.0. The summed E-state index contributed by atoms with van der Waals surface area (Å²) in [7, 11) is 0. The minimum atomic E-state index is -0.945.